The number of hydrogen-bond donors (Lipinski definition) is 2. The van der Waals surface area contributed by atoms with Crippen LogP contribution in [0, 0.1) is 35.5 Å². The summed E-state index contributed by atoms with van der Waals surface area (Å²) in [6.07, 6.45) is 18.2. The maximum atomic E-state index is 12.8. The lowest BCUT2D eigenvalue weighted by Crippen LogP contribution is -2.50. The van der Waals surface area contributed by atoms with Crippen molar-refractivity contribution in [1.29, 1.82) is 5.41 Å². The number of nitrogens with zero attached hydrogens (tertiary/aromatic N) is 5. The van der Waals surface area contributed by atoms with Crippen molar-refractivity contribution in [3.63, 3.8) is 0 Å². The maximum Gasteiger partial charge on any atom is 0.227 e. The van der Waals surface area contributed by atoms with E-state index in [1.165, 1.54) is 44.7 Å². The smallest absolute Gasteiger partial charge is 0.227 e. The van der Waals surface area contributed by atoms with Crippen LogP contribution in [0.5, 0.6) is 11.5 Å². The molecule has 3 fully saturated rings. The summed E-state index contributed by atoms with van der Waals surface area (Å²) in [4.78, 5) is 24.8. The maximum absolute atomic E-state index is 12.8. The number of piperidine rings is 3. The SMILES string of the molecule is CC.CC.CC.CNN(CC1CCN(C(=O)C(C)(C)C)CC1)C(=N)C(c1cccc(OC)c1C1=C[CH]1)C1CCN(c2ccccc2)CC1.COc1cccc(C(c2ncoc2CCc2ccccc2)N2CCC(c3ccccc3)CC2)c1C1=C[CH]1. The van der Waals surface area contributed by atoms with Gasteiger partial charge in [-0.3, -0.25) is 20.1 Å². The lowest BCUT2D eigenvalue weighted by atomic mass is 9.76. The number of oxazole rings is 1. The Kier molecular flexibility index (Phi) is 25.1. The third-order valence-corrected chi connectivity index (χ3v) is 17.0. The van der Waals surface area contributed by atoms with Crippen molar-refractivity contribution in [3.8, 4) is 11.5 Å². The molecule has 5 aliphatic rings. The number of allylic oxidation sites excluding steroid dienone is 4. The molecule has 1 amide bonds. The zero-order valence-electron chi connectivity index (χ0n) is 53.4. The number of ether oxygens (including phenoxy) is 2. The Bertz CT molecular complexity index is 3030. The van der Waals surface area contributed by atoms with E-state index in [2.05, 4.69) is 167 Å². The Morgan fingerprint density at radius 3 is 1.73 bits per heavy atom. The molecular weight excluding hydrogens is 1050 g/mol. The number of aromatic nitrogens is 1. The Morgan fingerprint density at radius 1 is 0.671 bits per heavy atom. The molecule has 5 aromatic carbocycles. The number of nitrogens with one attached hydrogen (secondary N) is 2. The van der Waals surface area contributed by atoms with E-state index in [-0.39, 0.29) is 23.3 Å². The van der Waals surface area contributed by atoms with Crippen LogP contribution in [0.15, 0.2) is 150 Å². The lowest BCUT2D eigenvalue weighted by Gasteiger charge is -2.42. The number of methoxy groups -OCH3 is 2. The van der Waals surface area contributed by atoms with E-state index in [4.69, 9.17) is 18.9 Å². The van der Waals surface area contributed by atoms with Gasteiger partial charge in [-0.25, -0.2) is 10.4 Å². The largest absolute Gasteiger partial charge is 0.496 e. The predicted octanol–water partition coefficient (Wildman–Crippen LogP) is 16.1. The average molecular weight is 1150 g/mol. The minimum absolute atomic E-state index is 0.0150. The average Bonchev–Trinajstić information content (AvgIpc) is 4.21. The van der Waals surface area contributed by atoms with Crippen LogP contribution in [0.25, 0.3) is 11.1 Å². The first-order chi connectivity index (χ1) is 41.5. The second kappa shape index (κ2) is 32.5. The van der Waals surface area contributed by atoms with Gasteiger partial charge in [0, 0.05) is 87.2 Å². The molecule has 11 heteroatoms. The molecule has 3 aliphatic heterocycles. The van der Waals surface area contributed by atoms with E-state index in [1.807, 2.05) is 80.3 Å². The van der Waals surface area contributed by atoms with E-state index in [9.17, 15) is 10.2 Å². The molecule has 4 heterocycles. The third-order valence-electron chi connectivity index (χ3n) is 17.0. The van der Waals surface area contributed by atoms with Gasteiger partial charge in [0.2, 0.25) is 5.91 Å². The fourth-order valence-electron chi connectivity index (χ4n) is 12.6. The molecule has 6 aromatic rings. The lowest BCUT2D eigenvalue weighted by molar-refractivity contribution is -0.141. The van der Waals surface area contributed by atoms with Crippen molar-refractivity contribution >= 4 is 28.6 Å². The molecule has 1 aromatic heterocycles. The molecule has 0 bridgehead atoms. The molecule has 11 nitrogen and oxygen atoms in total. The highest BCUT2D eigenvalue weighted by molar-refractivity contribution is 5.95. The first-order valence-electron chi connectivity index (χ1n) is 31.8. The van der Waals surface area contributed by atoms with E-state index in [1.54, 1.807) is 20.6 Å². The molecule has 2 aliphatic carbocycles. The summed E-state index contributed by atoms with van der Waals surface area (Å²) < 4.78 is 17.7. The summed E-state index contributed by atoms with van der Waals surface area (Å²) >= 11 is 0. The third kappa shape index (κ3) is 16.9. The quantitative estimate of drug-likeness (QED) is 0.0494. The summed E-state index contributed by atoms with van der Waals surface area (Å²) in [7, 11) is 5.43. The Labute approximate surface area is 511 Å². The van der Waals surface area contributed by atoms with E-state index >= 15 is 0 Å². The van der Waals surface area contributed by atoms with Crippen LogP contribution in [0.1, 0.15) is 164 Å². The first kappa shape index (κ1) is 65.6. The van der Waals surface area contributed by atoms with Gasteiger partial charge in [0.25, 0.3) is 0 Å². The number of para-hydroxylation sites is 1. The highest BCUT2D eigenvalue weighted by Crippen LogP contribution is 2.47. The number of likely N-dealkylation sites (tertiary alicyclic amines) is 2. The number of hydrazine groups is 1. The van der Waals surface area contributed by atoms with Gasteiger partial charge >= 0.3 is 0 Å². The number of anilines is 1. The van der Waals surface area contributed by atoms with Crippen molar-refractivity contribution in [2.24, 2.45) is 17.3 Å². The minimum Gasteiger partial charge on any atom is -0.496 e. The first-order valence-corrected chi connectivity index (χ1v) is 31.8. The van der Waals surface area contributed by atoms with Gasteiger partial charge in [0.15, 0.2) is 6.39 Å². The van der Waals surface area contributed by atoms with Crippen LogP contribution in [0.3, 0.4) is 0 Å². The fraction of sp³-hybridized carbons (Fsp3) is 0.446. The molecule has 2 N–H and O–H groups in total. The zero-order valence-corrected chi connectivity index (χ0v) is 53.4. The highest BCUT2D eigenvalue weighted by atomic mass is 16.5. The van der Waals surface area contributed by atoms with Crippen LogP contribution >= 0.6 is 0 Å². The number of amides is 1. The van der Waals surface area contributed by atoms with Gasteiger partial charge < -0.3 is 23.7 Å². The van der Waals surface area contributed by atoms with Crippen molar-refractivity contribution in [2.45, 2.75) is 132 Å². The highest BCUT2D eigenvalue weighted by Gasteiger charge is 2.39. The summed E-state index contributed by atoms with van der Waals surface area (Å²) in [6.45, 7) is 24.3. The van der Waals surface area contributed by atoms with Crippen molar-refractivity contribution in [1.82, 2.24) is 25.2 Å². The van der Waals surface area contributed by atoms with Gasteiger partial charge in [-0.2, -0.15) is 0 Å². The van der Waals surface area contributed by atoms with E-state index < -0.39 is 0 Å². The number of carbonyl (C=O) groups excluding carboxylic acids is 1. The van der Waals surface area contributed by atoms with E-state index in [0.717, 1.165) is 126 Å². The van der Waals surface area contributed by atoms with Crippen LogP contribution < -0.4 is 19.8 Å². The standard InChI is InChI=1S/C35H48N5O2.C33H33N2O2.3C2H6/c1-35(2,3)34(41)39-20-16-25(17-21-39)24-40(37-4)33(36)32(29-12-9-13-30(42-5)31(29)26-14-15-26)27-18-22-38(23-19-27)28-10-7-6-8-11-28;1-36-29-14-8-13-28(31(29)27-16-17-27)33(35-21-19-26(20-22-35)25-11-6-3-7-12-25)32-30(37-23-34-32)18-15-24-9-4-2-5-10-24;3*1-2/h6-15,25,27,32,36-37H,16-24H2,1-5H3;2-14,16-17,23,26,33H,15,18-22H2,1H3;3*1-2H3. The summed E-state index contributed by atoms with van der Waals surface area (Å²) in [5.74, 6) is 4.92. The predicted molar refractivity (Wildman–Crippen MR) is 353 cm³/mol. The Balaban J connectivity index is 0.000000225. The number of amidine groups is 1. The van der Waals surface area contributed by atoms with Gasteiger partial charge in [0.1, 0.15) is 28.8 Å². The van der Waals surface area contributed by atoms with Gasteiger partial charge in [-0.05, 0) is 133 Å². The number of aryl methyl sites for hydroxylation is 2. The summed E-state index contributed by atoms with van der Waals surface area (Å²) in [6, 6.07) is 45.0. The van der Waals surface area contributed by atoms with Crippen molar-refractivity contribution in [2.75, 3.05) is 72.0 Å². The summed E-state index contributed by atoms with van der Waals surface area (Å²) in [5.41, 5.74) is 15.3. The van der Waals surface area contributed by atoms with Gasteiger partial charge in [-0.1, -0.05) is 178 Å². The van der Waals surface area contributed by atoms with Crippen molar-refractivity contribution < 1.29 is 18.7 Å². The van der Waals surface area contributed by atoms with Gasteiger partial charge in [-0.15, -0.1) is 0 Å². The monoisotopic (exact) mass is 1150 g/mol. The van der Waals surface area contributed by atoms with Crippen LogP contribution in [-0.4, -0.2) is 98.6 Å². The fourth-order valence-corrected chi connectivity index (χ4v) is 12.6. The molecule has 3 saturated heterocycles. The van der Waals surface area contributed by atoms with E-state index in [0.29, 0.717) is 23.6 Å². The van der Waals surface area contributed by atoms with Crippen LogP contribution in [0.2, 0.25) is 0 Å². The Morgan fingerprint density at radius 2 is 1.20 bits per heavy atom. The summed E-state index contributed by atoms with van der Waals surface area (Å²) in [5, 5.41) is 11.8. The van der Waals surface area contributed by atoms with Crippen molar-refractivity contribution in [3.05, 3.63) is 204 Å². The number of rotatable bonds is 18. The molecule has 0 saturated carbocycles. The number of hydrogen-bond acceptors (Lipinski definition) is 9. The molecule has 2 radical (unpaired) electrons. The molecule has 0 spiro atoms. The molecule has 11 rings (SSSR count). The minimum atomic E-state index is -0.349. The Hall–Kier alpha value is -6.95. The second-order valence-electron chi connectivity index (χ2n) is 23.0. The molecular formula is C74H99N7O4. The number of benzene rings is 5. The number of carbonyl (C=O) groups is 1. The normalized spacial score (nSPS) is 16.8. The molecule has 454 valence electrons. The second-order valence-corrected chi connectivity index (χ2v) is 23.0. The van der Waals surface area contributed by atoms with Crippen LogP contribution in [0.4, 0.5) is 5.69 Å². The van der Waals surface area contributed by atoms with Crippen LogP contribution in [-0.2, 0) is 17.6 Å². The topological polar surface area (TPSA) is 110 Å². The van der Waals surface area contributed by atoms with Gasteiger partial charge in [0.05, 0.1) is 20.3 Å². The molecule has 2 unspecified atom stereocenters. The zero-order chi connectivity index (χ0) is 60.9. The molecule has 2 atom stereocenters. The molecule has 85 heavy (non-hydrogen) atoms.